The molecule has 0 unspecified atom stereocenters. The third-order valence-corrected chi connectivity index (χ3v) is 6.85. The molecule has 1 aliphatic heterocycles. The van der Waals surface area contributed by atoms with Gasteiger partial charge in [0.1, 0.15) is 17.5 Å². The summed E-state index contributed by atoms with van der Waals surface area (Å²) in [5.74, 6) is 2.21. The Labute approximate surface area is 202 Å². The van der Waals surface area contributed by atoms with Crippen LogP contribution in [0.15, 0.2) is 30.5 Å². The van der Waals surface area contributed by atoms with E-state index in [0.29, 0.717) is 33.4 Å². The van der Waals surface area contributed by atoms with E-state index < -0.39 is 0 Å². The largest absolute Gasteiger partial charge is 0.369 e. The fourth-order valence-corrected chi connectivity index (χ4v) is 4.82. The molecule has 0 amide bonds. The predicted molar refractivity (Wildman–Crippen MR) is 132 cm³/mol. The number of ether oxygens (including phenoxy) is 1. The Bertz CT molecular complexity index is 1110. The van der Waals surface area contributed by atoms with Crippen LogP contribution >= 0.6 is 22.9 Å². The minimum Gasteiger partial charge on any atom is -0.369 e. The van der Waals surface area contributed by atoms with Crippen molar-refractivity contribution in [2.45, 2.75) is 20.3 Å². The van der Waals surface area contributed by atoms with Gasteiger partial charge in [-0.25, -0.2) is 15.0 Å². The van der Waals surface area contributed by atoms with Crippen LogP contribution in [0.5, 0.6) is 0 Å². The van der Waals surface area contributed by atoms with E-state index in [2.05, 4.69) is 30.1 Å². The summed E-state index contributed by atoms with van der Waals surface area (Å²) in [6, 6.07) is 7.58. The second-order valence-corrected chi connectivity index (χ2v) is 9.41. The molecule has 33 heavy (non-hydrogen) atoms. The number of hydrogen-bond acceptors (Lipinski definition) is 9. The van der Waals surface area contributed by atoms with Gasteiger partial charge < -0.3 is 15.0 Å². The maximum Gasteiger partial charge on any atom is 0.188 e. The van der Waals surface area contributed by atoms with Gasteiger partial charge in [-0.3, -0.25) is 9.69 Å². The third-order valence-electron chi connectivity index (χ3n) is 5.54. The lowest BCUT2D eigenvalue weighted by Crippen LogP contribution is -2.47. The van der Waals surface area contributed by atoms with Gasteiger partial charge in [-0.1, -0.05) is 35.1 Å². The Morgan fingerprint density at radius 1 is 1.21 bits per heavy atom. The van der Waals surface area contributed by atoms with Crippen LogP contribution in [0.4, 0.5) is 16.8 Å². The summed E-state index contributed by atoms with van der Waals surface area (Å²) < 4.78 is 5.23. The molecule has 2 aromatic heterocycles. The van der Waals surface area contributed by atoms with E-state index in [1.807, 2.05) is 38.1 Å². The first-order valence-electron chi connectivity index (χ1n) is 10.7. The number of piperazine rings is 1. The second kappa shape index (κ2) is 10.6. The number of anilines is 3. The van der Waals surface area contributed by atoms with Crippen molar-refractivity contribution < 1.29 is 9.53 Å². The minimum absolute atomic E-state index is 0.00904. The molecule has 0 radical (unpaired) electrons. The van der Waals surface area contributed by atoms with Crippen LogP contribution in [0.1, 0.15) is 26.6 Å². The monoisotopic (exact) mass is 486 g/mol. The molecule has 0 saturated carbocycles. The van der Waals surface area contributed by atoms with Crippen LogP contribution < -0.4 is 10.2 Å². The van der Waals surface area contributed by atoms with Crippen molar-refractivity contribution >= 4 is 45.5 Å². The predicted octanol–water partition coefficient (Wildman–Crippen LogP) is 4.10. The van der Waals surface area contributed by atoms with Crippen molar-refractivity contribution in [3.63, 3.8) is 0 Å². The van der Waals surface area contributed by atoms with Gasteiger partial charge >= 0.3 is 0 Å². The van der Waals surface area contributed by atoms with E-state index >= 15 is 0 Å². The van der Waals surface area contributed by atoms with Gasteiger partial charge in [-0.15, -0.1) is 0 Å². The Morgan fingerprint density at radius 2 is 2.00 bits per heavy atom. The van der Waals surface area contributed by atoms with Gasteiger partial charge in [-0.2, -0.15) is 0 Å². The van der Waals surface area contributed by atoms with Crippen LogP contribution in [0.2, 0.25) is 5.02 Å². The van der Waals surface area contributed by atoms with Gasteiger partial charge in [0.2, 0.25) is 0 Å². The maximum absolute atomic E-state index is 12.8. The molecule has 1 fully saturated rings. The van der Waals surface area contributed by atoms with Crippen LogP contribution in [0, 0.1) is 13.8 Å². The van der Waals surface area contributed by atoms with Gasteiger partial charge in [0.05, 0.1) is 17.8 Å². The molecular formula is C23H27ClN6O2S. The van der Waals surface area contributed by atoms with Gasteiger partial charge in [0, 0.05) is 50.8 Å². The standard InChI is InChI=1S/C23H27ClN6O2S/c1-15-5-4-6-18(24)17(15)11-19(31)20-13-25-23(33-20)28-21-12-22(27-16(2)26-21)30-9-7-29(8-10-30)14-32-3/h4-6,12-13H,7-11,14H2,1-3H3,(H,25,26,27,28). The molecular weight excluding hydrogens is 460 g/mol. The van der Waals surface area contributed by atoms with Gasteiger partial charge in [0.15, 0.2) is 10.9 Å². The number of benzene rings is 1. The summed E-state index contributed by atoms with van der Waals surface area (Å²) >= 11 is 7.60. The first-order valence-corrected chi connectivity index (χ1v) is 11.9. The summed E-state index contributed by atoms with van der Waals surface area (Å²) in [4.78, 5) is 31.4. The number of hydrogen-bond donors (Lipinski definition) is 1. The third kappa shape index (κ3) is 5.86. The Morgan fingerprint density at radius 3 is 2.73 bits per heavy atom. The van der Waals surface area contributed by atoms with Crippen molar-refractivity contribution in [1.29, 1.82) is 0 Å². The van der Waals surface area contributed by atoms with E-state index in [-0.39, 0.29) is 12.2 Å². The number of methoxy groups -OCH3 is 1. The van der Waals surface area contributed by atoms with Crippen molar-refractivity contribution in [2.24, 2.45) is 0 Å². The molecule has 0 spiro atoms. The lowest BCUT2D eigenvalue weighted by Gasteiger charge is -2.35. The molecule has 4 rings (SSSR count). The first kappa shape index (κ1) is 23.6. The highest BCUT2D eigenvalue weighted by Crippen LogP contribution is 2.27. The summed E-state index contributed by atoms with van der Waals surface area (Å²) in [6.07, 6.45) is 1.85. The Hall–Kier alpha value is -2.59. The zero-order chi connectivity index (χ0) is 23.4. The van der Waals surface area contributed by atoms with E-state index in [0.717, 1.165) is 43.1 Å². The van der Waals surface area contributed by atoms with Crippen molar-refractivity contribution in [2.75, 3.05) is 50.2 Å². The number of nitrogens with zero attached hydrogens (tertiary/aromatic N) is 5. The summed E-state index contributed by atoms with van der Waals surface area (Å²) in [5, 5.41) is 4.46. The topological polar surface area (TPSA) is 83.5 Å². The first-order chi connectivity index (χ1) is 15.9. The quantitative estimate of drug-likeness (QED) is 0.476. The maximum atomic E-state index is 12.8. The highest BCUT2D eigenvalue weighted by atomic mass is 35.5. The molecule has 0 atom stereocenters. The van der Waals surface area contributed by atoms with Crippen LogP contribution in [0.25, 0.3) is 0 Å². The van der Waals surface area contributed by atoms with Gasteiger partial charge in [0.25, 0.3) is 0 Å². The normalized spacial score (nSPS) is 14.5. The Balaban J connectivity index is 1.43. The fraction of sp³-hybridized carbons (Fsp3) is 0.391. The number of carbonyl (C=O) groups is 1. The summed E-state index contributed by atoms with van der Waals surface area (Å²) in [7, 11) is 1.72. The lowest BCUT2D eigenvalue weighted by atomic mass is 10.0. The number of Topliss-reactive ketones (excluding diaryl/α,β-unsaturated/α-hetero) is 1. The number of nitrogens with one attached hydrogen (secondary N) is 1. The van der Waals surface area contributed by atoms with Gasteiger partial charge in [-0.05, 0) is 31.0 Å². The zero-order valence-electron chi connectivity index (χ0n) is 19.0. The SMILES string of the molecule is COCN1CCN(c2cc(Nc3ncc(C(=O)Cc4c(C)cccc4Cl)s3)nc(C)n2)CC1. The molecule has 1 N–H and O–H groups in total. The number of aryl methyl sites for hydroxylation is 2. The van der Waals surface area contributed by atoms with Crippen LogP contribution in [0.3, 0.4) is 0 Å². The molecule has 174 valence electrons. The van der Waals surface area contributed by atoms with E-state index in [1.165, 1.54) is 11.3 Å². The van der Waals surface area contributed by atoms with Crippen molar-refractivity contribution in [3.05, 3.63) is 57.3 Å². The molecule has 0 aliphatic carbocycles. The summed E-state index contributed by atoms with van der Waals surface area (Å²) in [5.41, 5.74) is 1.86. The number of carbonyl (C=O) groups excluding carboxylic acids is 1. The lowest BCUT2D eigenvalue weighted by molar-refractivity contribution is 0.0595. The molecule has 1 aliphatic rings. The average molecular weight is 487 g/mol. The smallest absolute Gasteiger partial charge is 0.188 e. The Kier molecular flexibility index (Phi) is 7.54. The molecule has 3 aromatic rings. The number of aromatic nitrogens is 3. The molecule has 0 bridgehead atoms. The average Bonchev–Trinajstić information content (AvgIpc) is 3.25. The van der Waals surface area contributed by atoms with Crippen molar-refractivity contribution in [1.82, 2.24) is 19.9 Å². The van der Waals surface area contributed by atoms with Crippen molar-refractivity contribution in [3.8, 4) is 0 Å². The molecule has 8 nitrogen and oxygen atoms in total. The van der Waals surface area contributed by atoms with E-state index in [1.54, 1.807) is 13.3 Å². The van der Waals surface area contributed by atoms with E-state index in [4.69, 9.17) is 16.3 Å². The molecule has 10 heteroatoms. The van der Waals surface area contributed by atoms with Crippen LogP contribution in [-0.2, 0) is 11.2 Å². The number of ketones is 1. The number of thiazole rings is 1. The molecule has 1 aromatic carbocycles. The number of rotatable bonds is 8. The second-order valence-electron chi connectivity index (χ2n) is 7.97. The highest BCUT2D eigenvalue weighted by molar-refractivity contribution is 7.17. The summed E-state index contributed by atoms with van der Waals surface area (Å²) in [6.45, 7) is 8.06. The molecule has 3 heterocycles. The molecule has 1 saturated heterocycles. The van der Waals surface area contributed by atoms with E-state index in [9.17, 15) is 4.79 Å². The minimum atomic E-state index is -0.00904. The highest BCUT2D eigenvalue weighted by Gasteiger charge is 2.19. The zero-order valence-corrected chi connectivity index (χ0v) is 20.5. The number of halogens is 1. The fourth-order valence-electron chi connectivity index (χ4n) is 3.77. The van der Waals surface area contributed by atoms with Crippen LogP contribution in [-0.4, -0.2) is 65.7 Å².